The van der Waals surface area contributed by atoms with Crippen LogP contribution in [-0.2, 0) is 19.3 Å². The number of carbonyl (C=O) groups is 1. The van der Waals surface area contributed by atoms with Crippen LogP contribution in [0, 0.1) is 6.92 Å². The minimum Gasteiger partial charge on any atom is -0.496 e. The number of rotatable bonds is 5. The van der Waals surface area contributed by atoms with Gasteiger partial charge in [-0.1, -0.05) is 18.2 Å². The number of aromatic nitrogens is 2. The SMILES string of the molecule is COc1cc(C(=O)Nc2cccc(Cc3n[nH]c(=O)c4c3CCCC4)c2)ccc1C. The first-order valence-corrected chi connectivity index (χ1v) is 10.2. The number of hydrogen-bond donors (Lipinski definition) is 2. The molecule has 0 saturated carbocycles. The van der Waals surface area contributed by atoms with E-state index in [1.165, 1.54) is 0 Å². The first kappa shape index (κ1) is 19.9. The van der Waals surface area contributed by atoms with E-state index >= 15 is 0 Å². The lowest BCUT2D eigenvalue weighted by molar-refractivity contribution is 0.102. The van der Waals surface area contributed by atoms with Crippen molar-refractivity contribution in [3.63, 3.8) is 0 Å². The summed E-state index contributed by atoms with van der Waals surface area (Å²) in [5, 5.41) is 9.91. The van der Waals surface area contributed by atoms with Gasteiger partial charge >= 0.3 is 0 Å². The van der Waals surface area contributed by atoms with Gasteiger partial charge in [0.25, 0.3) is 11.5 Å². The molecule has 0 unspecified atom stereocenters. The molecule has 0 radical (unpaired) electrons. The Hall–Kier alpha value is -3.41. The summed E-state index contributed by atoms with van der Waals surface area (Å²) in [6.07, 6.45) is 4.46. The summed E-state index contributed by atoms with van der Waals surface area (Å²) < 4.78 is 5.31. The van der Waals surface area contributed by atoms with E-state index < -0.39 is 0 Å². The average molecular weight is 403 g/mol. The van der Waals surface area contributed by atoms with E-state index in [0.717, 1.165) is 59.3 Å². The van der Waals surface area contributed by atoms with E-state index in [1.54, 1.807) is 19.2 Å². The summed E-state index contributed by atoms with van der Waals surface area (Å²) in [4.78, 5) is 24.7. The van der Waals surface area contributed by atoms with Gasteiger partial charge in [-0.2, -0.15) is 5.10 Å². The molecule has 2 N–H and O–H groups in total. The Bertz CT molecular complexity index is 1150. The van der Waals surface area contributed by atoms with Gasteiger partial charge in [-0.05, 0) is 73.6 Å². The molecule has 3 aromatic rings. The van der Waals surface area contributed by atoms with E-state index in [0.29, 0.717) is 17.7 Å². The molecule has 154 valence electrons. The van der Waals surface area contributed by atoms with Crippen LogP contribution in [0.5, 0.6) is 5.75 Å². The molecule has 6 heteroatoms. The number of hydrogen-bond acceptors (Lipinski definition) is 4. The largest absolute Gasteiger partial charge is 0.496 e. The van der Waals surface area contributed by atoms with Crippen LogP contribution in [0.25, 0.3) is 0 Å². The summed E-state index contributed by atoms with van der Waals surface area (Å²) in [5.74, 6) is 0.496. The monoisotopic (exact) mass is 403 g/mol. The van der Waals surface area contributed by atoms with Crippen LogP contribution < -0.4 is 15.6 Å². The van der Waals surface area contributed by atoms with Crippen molar-refractivity contribution in [2.24, 2.45) is 0 Å². The Morgan fingerprint density at radius 1 is 1.13 bits per heavy atom. The smallest absolute Gasteiger partial charge is 0.267 e. The molecule has 1 amide bonds. The molecule has 0 saturated heterocycles. The summed E-state index contributed by atoms with van der Waals surface area (Å²) >= 11 is 0. The zero-order valence-corrected chi connectivity index (χ0v) is 17.2. The fourth-order valence-electron chi connectivity index (χ4n) is 3.99. The maximum absolute atomic E-state index is 12.7. The molecule has 2 aromatic carbocycles. The predicted octanol–water partition coefficient (Wildman–Crippen LogP) is 3.81. The molecule has 0 aliphatic heterocycles. The second-order valence-electron chi connectivity index (χ2n) is 7.68. The Morgan fingerprint density at radius 3 is 2.73 bits per heavy atom. The standard InChI is InChI=1S/C24H25N3O3/c1-15-10-11-17(14-22(15)30-2)23(28)25-18-7-5-6-16(12-18)13-21-19-8-3-4-9-20(19)24(29)27-26-21/h5-7,10-12,14H,3-4,8-9,13H2,1-2H3,(H,25,28)(H,27,29). The number of H-pyrrole nitrogens is 1. The normalized spacial score (nSPS) is 12.9. The molecule has 0 bridgehead atoms. The highest BCUT2D eigenvalue weighted by molar-refractivity contribution is 6.04. The summed E-state index contributed by atoms with van der Waals surface area (Å²) in [5.41, 5.74) is 6.08. The van der Waals surface area contributed by atoms with Crippen molar-refractivity contribution in [1.29, 1.82) is 0 Å². The molecule has 30 heavy (non-hydrogen) atoms. The number of amides is 1. The molecule has 1 aliphatic carbocycles. The third-order valence-electron chi connectivity index (χ3n) is 5.61. The molecule has 1 aliphatic rings. The van der Waals surface area contributed by atoms with E-state index in [2.05, 4.69) is 15.5 Å². The fourth-order valence-corrected chi connectivity index (χ4v) is 3.99. The number of benzene rings is 2. The van der Waals surface area contributed by atoms with Gasteiger partial charge in [-0.3, -0.25) is 9.59 Å². The minimum absolute atomic E-state index is 0.0667. The van der Waals surface area contributed by atoms with Gasteiger partial charge < -0.3 is 10.1 Å². The molecule has 1 heterocycles. The minimum atomic E-state index is -0.190. The Kier molecular flexibility index (Phi) is 5.65. The topological polar surface area (TPSA) is 84.1 Å². The number of nitrogens with zero attached hydrogens (tertiary/aromatic N) is 1. The number of aromatic amines is 1. The number of fused-ring (bicyclic) bond motifs is 1. The lowest BCUT2D eigenvalue weighted by Gasteiger charge is -2.17. The highest BCUT2D eigenvalue weighted by Gasteiger charge is 2.18. The lowest BCUT2D eigenvalue weighted by atomic mass is 9.90. The molecule has 1 aromatic heterocycles. The summed E-state index contributed by atoms with van der Waals surface area (Å²) in [6, 6.07) is 13.1. The van der Waals surface area contributed by atoms with Gasteiger partial charge in [0, 0.05) is 23.2 Å². The number of aryl methyl sites for hydroxylation is 1. The van der Waals surface area contributed by atoms with Gasteiger partial charge in [-0.25, -0.2) is 5.10 Å². The molecule has 0 spiro atoms. The molecular weight excluding hydrogens is 378 g/mol. The number of carbonyl (C=O) groups excluding carboxylic acids is 1. The van der Waals surface area contributed by atoms with Gasteiger partial charge in [0.05, 0.1) is 12.8 Å². The highest BCUT2D eigenvalue weighted by Crippen LogP contribution is 2.24. The second-order valence-corrected chi connectivity index (χ2v) is 7.68. The molecule has 0 fully saturated rings. The zero-order valence-electron chi connectivity index (χ0n) is 17.2. The summed E-state index contributed by atoms with van der Waals surface area (Å²) in [6.45, 7) is 1.94. The average Bonchev–Trinajstić information content (AvgIpc) is 2.76. The Morgan fingerprint density at radius 2 is 1.93 bits per heavy atom. The van der Waals surface area contributed by atoms with Crippen molar-refractivity contribution in [1.82, 2.24) is 10.2 Å². The quantitative estimate of drug-likeness (QED) is 0.679. The van der Waals surface area contributed by atoms with Crippen LogP contribution >= 0.6 is 0 Å². The molecule has 4 rings (SSSR count). The number of ether oxygens (including phenoxy) is 1. The van der Waals surface area contributed by atoms with Gasteiger partial charge in [0.2, 0.25) is 0 Å². The lowest BCUT2D eigenvalue weighted by Crippen LogP contribution is -2.23. The molecule has 0 atom stereocenters. The van der Waals surface area contributed by atoms with E-state index in [4.69, 9.17) is 4.74 Å². The van der Waals surface area contributed by atoms with E-state index in [1.807, 2.05) is 37.3 Å². The van der Waals surface area contributed by atoms with E-state index in [-0.39, 0.29) is 11.5 Å². The van der Waals surface area contributed by atoms with Crippen LogP contribution in [0.2, 0.25) is 0 Å². The van der Waals surface area contributed by atoms with Gasteiger partial charge in [0.15, 0.2) is 0 Å². The van der Waals surface area contributed by atoms with Crippen molar-refractivity contribution in [2.75, 3.05) is 12.4 Å². The fraction of sp³-hybridized carbons (Fsp3) is 0.292. The van der Waals surface area contributed by atoms with Crippen LogP contribution in [-0.4, -0.2) is 23.2 Å². The van der Waals surface area contributed by atoms with Crippen molar-refractivity contribution in [2.45, 2.75) is 39.0 Å². The predicted molar refractivity (Wildman–Crippen MR) is 116 cm³/mol. The Balaban J connectivity index is 1.54. The third kappa shape index (κ3) is 4.13. The zero-order chi connectivity index (χ0) is 21.1. The Labute approximate surface area is 175 Å². The van der Waals surface area contributed by atoms with Crippen molar-refractivity contribution >= 4 is 11.6 Å². The first-order valence-electron chi connectivity index (χ1n) is 10.2. The van der Waals surface area contributed by atoms with Gasteiger partial charge in [-0.15, -0.1) is 0 Å². The van der Waals surface area contributed by atoms with Crippen LogP contribution in [0.4, 0.5) is 5.69 Å². The van der Waals surface area contributed by atoms with Gasteiger partial charge in [0.1, 0.15) is 5.75 Å². The van der Waals surface area contributed by atoms with E-state index in [9.17, 15) is 9.59 Å². The first-order chi connectivity index (χ1) is 14.5. The summed E-state index contributed by atoms with van der Waals surface area (Å²) in [7, 11) is 1.59. The number of anilines is 1. The van der Waals surface area contributed by atoms with Crippen LogP contribution in [0.3, 0.4) is 0 Å². The third-order valence-corrected chi connectivity index (χ3v) is 5.61. The number of nitrogens with one attached hydrogen (secondary N) is 2. The van der Waals surface area contributed by atoms with Crippen molar-refractivity contribution in [3.8, 4) is 5.75 Å². The van der Waals surface area contributed by atoms with Crippen LogP contribution in [0.1, 0.15) is 51.1 Å². The second kappa shape index (κ2) is 8.53. The maximum atomic E-state index is 12.7. The van der Waals surface area contributed by atoms with Crippen molar-refractivity contribution in [3.05, 3.63) is 86.3 Å². The molecule has 6 nitrogen and oxygen atoms in total. The van der Waals surface area contributed by atoms with Crippen molar-refractivity contribution < 1.29 is 9.53 Å². The number of methoxy groups -OCH3 is 1. The maximum Gasteiger partial charge on any atom is 0.267 e. The van der Waals surface area contributed by atoms with Crippen LogP contribution in [0.15, 0.2) is 47.3 Å². The molecular formula is C24H25N3O3. The highest BCUT2D eigenvalue weighted by atomic mass is 16.5.